The third-order valence-electron chi connectivity index (χ3n) is 2.34. The van der Waals surface area contributed by atoms with Gasteiger partial charge in [-0.1, -0.05) is 6.92 Å². The molecule has 0 saturated carbocycles. The van der Waals surface area contributed by atoms with Crippen LogP contribution in [0.1, 0.15) is 13.3 Å². The predicted molar refractivity (Wildman–Crippen MR) is 71.8 cm³/mol. The number of hydrogen-bond donors (Lipinski definition) is 2. The van der Waals surface area contributed by atoms with E-state index in [4.69, 9.17) is 5.84 Å². The second-order valence-electron chi connectivity index (χ2n) is 3.77. The summed E-state index contributed by atoms with van der Waals surface area (Å²) < 4.78 is 22.6. The number of carbonyl (C=O) groups excluding carboxylic acids is 1. The lowest BCUT2D eigenvalue weighted by atomic mass is 10.3. The quantitative estimate of drug-likeness (QED) is 0.364. The molecule has 0 aliphatic heterocycles. The number of carbonyl (C=O) groups is 1. The zero-order valence-electron chi connectivity index (χ0n) is 10.2. The van der Waals surface area contributed by atoms with Gasteiger partial charge >= 0.3 is 0 Å². The van der Waals surface area contributed by atoms with Crippen molar-refractivity contribution in [3.8, 4) is 0 Å². The third kappa shape index (κ3) is 4.01. The molecule has 18 heavy (non-hydrogen) atoms. The maximum atomic E-state index is 11.4. The molecule has 5 nitrogen and oxygen atoms in total. The van der Waals surface area contributed by atoms with Crippen LogP contribution in [0.15, 0.2) is 34.1 Å². The van der Waals surface area contributed by atoms with Crippen molar-refractivity contribution in [2.45, 2.75) is 28.4 Å². The van der Waals surface area contributed by atoms with E-state index in [2.05, 4.69) is 5.43 Å². The molecule has 1 rings (SSSR count). The van der Waals surface area contributed by atoms with Gasteiger partial charge in [-0.25, -0.2) is 14.3 Å². The number of amides is 1. The van der Waals surface area contributed by atoms with E-state index < -0.39 is 9.84 Å². The summed E-state index contributed by atoms with van der Waals surface area (Å²) in [5.74, 6) is 4.85. The van der Waals surface area contributed by atoms with Gasteiger partial charge in [-0.05, 0) is 30.7 Å². The molecule has 0 fully saturated rings. The highest BCUT2D eigenvalue weighted by Crippen LogP contribution is 2.26. The van der Waals surface area contributed by atoms with Crippen molar-refractivity contribution in [1.82, 2.24) is 5.43 Å². The molecule has 0 aliphatic carbocycles. The zero-order chi connectivity index (χ0) is 13.8. The fourth-order valence-corrected chi connectivity index (χ4v) is 2.94. The van der Waals surface area contributed by atoms with Gasteiger partial charge in [0.15, 0.2) is 9.84 Å². The van der Waals surface area contributed by atoms with Crippen molar-refractivity contribution in [1.29, 1.82) is 0 Å². The molecule has 1 aromatic carbocycles. The van der Waals surface area contributed by atoms with Gasteiger partial charge in [-0.2, -0.15) is 0 Å². The number of hydrogen-bond acceptors (Lipinski definition) is 5. The maximum Gasteiger partial charge on any atom is 0.247 e. The fourth-order valence-electron chi connectivity index (χ4n) is 1.34. The van der Waals surface area contributed by atoms with E-state index in [1.165, 1.54) is 23.9 Å². The topological polar surface area (TPSA) is 89.3 Å². The van der Waals surface area contributed by atoms with Crippen molar-refractivity contribution >= 4 is 27.5 Å². The van der Waals surface area contributed by atoms with Crippen molar-refractivity contribution < 1.29 is 13.2 Å². The van der Waals surface area contributed by atoms with Gasteiger partial charge < -0.3 is 0 Å². The van der Waals surface area contributed by atoms with Gasteiger partial charge in [0.2, 0.25) is 5.91 Å². The molecule has 0 aliphatic rings. The minimum atomic E-state index is -3.18. The summed E-state index contributed by atoms with van der Waals surface area (Å²) >= 11 is 1.35. The summed E-state index contributed by atoms with van der Waals surface area (Å²) in [6.07, 6.45) is 1.80. The molecule has 1 aromatic rings. The van der Waals surface area contributed by atoms with E-state index in [0.717, 1.165) is 11.2 Å². The third-order valence-corrected chi connectivity index (χ3v) is 4.84. The molecule has 0 bridgehead atoms. The average Bonchev–Trinajstić information content (AvgIpc) is 2.34. The van der Waals surface area contributed by atoms with Crippen LogP contribution in [-0.2, 0) is 14.6 Å². The Morgan fingerprint density at radius 3 is 2.33 bits per heavy atom. The van der Waals surface area contributed by atoms with Crippen LogP contribution in [0.4, 0.5) is 0 Å². The fraction of sp³-hybridized carbons (Fsp3) is 0.364. The van der Waals surface area contributed by atoms with Crippen LogP contribution in [0.25, 0.3) is 0 Å². The first-order chi connectivity index (χ1) is 8.38. The molecule has 0 saturated heterocycles. The van der Waals surface area contributed by atoms with Gasteiger partial charge in [0.25, 0.3) is 0 Å². The molecule has 1 atom stereocenters. The van der Waals surface area contributed by atoms with Crippen LogP contribution < -0.4 is 11.3 Å². The molecule has 0 spiro atoms. The summed E-state index contributed by atoms with van der Waals surface area (Å²) in [5, 5.41) is -0.279. The Kier molecular flexibility index (Phi) is 5.18. The van der Waals surface area contributed by atoms with Crippen molar-refractivity contribution in [2.24, 2.45) is 5.84 Å². The Morgan fingerprint density at radius 2 is 1.94 bits per heavy atom. The second-order valence-corrected chi connectivity index (χ2v) is 7.06. The van der Waals surface area contributed by atoms with E-state index in [1.807, 2.05) is 6.92 Å². The Balaban J connectivity index is 2.83. The standard InChI is InChI=1S/C11H16N2O3S2/c1-3-10(11(14)13-12)17-8-4-6-9(7-5-8)18(2,15)16/h4-7,10H,3,12H2,1-2H3,(H,13,14). The molecule has 1 amide bonds. The van der Waals surface area contributed by atoms with Crippen LogP contribution in [0.3, 0.4) is 0 Å². The van der Waals surface area contributed by atoms with Gasteiger partial charge in [0.05, 0.1) is 10.1 Å². The minimum absolute atomic E-state index is 0.241. The highest BCUT2D eigenvalue weighted by Gasteiger charge is 2.17. The van der Waals surface area contributed by atoms with E-state index in [0.29, 0.717) is 6.42 Å². The molecule has 0 radical (unpaired) electrons. The number of hydrazine groups is 1. The van der Waals surface area contributed by atoms with Crippen molar-refractivity contribution in [2.75, 3.05) is 6.26 Å². The molecule has 1 unspecified atom stereocenters. The maximum absolute atomic E-state index is 11.4. The Hall–Kier alpha value is -1.05. The normalized spacial score (nSPS) is 13.1. The second kappa shape index (κ2) is 6.21. The van der Waals surface area contributed by atoms with Crippen LogP contribution in [0, 0.1) is 0 Å². The van der Waals surface area contributed by atoms with E-state index in [-0.39, 0.29) is 16.1 Å². The molecular formula is C11H16N2O3S2. The Bertz CT molecular complexity index is 512. The minimum Gasteiger partial charge on any atom is -0.293 e. The summed E-state index contributed by atoms with van der Waals surface area (Å²) in [6, 6.07) is 6.44. The van der Waals surface area contributed by atoms with Gasteiger partial charge in [-0.3, -0.25) is 10.2 Å². The van der Waals surface area contributed by atoms with Gasteiger partial charge in [0, 0.05) is 11.2 Å². The molecule has 3 N–H and O–H groups in total. The first-order valence-corrected chi connectivity index (χ1v) is 8.12. The smallest absolute Gasteiger partial charge is 0.247 e. The zero-order valence-corrected chi connectivity index (χ0v) is 11.8. The summed E-state index contributed by atoms with van der Waals surface area (Å²) in [4.78, 5) is 12.5. The first-order valence-electron chi connectivity index (χ1n) is 5.35. The van der Waals surface area contributed by atoms with E-state index in [9.17, 15) is 13.2 Å². The first kappa shape index (κ1) is 15.0. The van der Waals surface area contributed by atoms with E-state index in [1.54, 1.807) is 12.1 Å². The molecule has 100 valence electrons. The van der Waals surface area contributed by atoms with Gasteiger partial charge in [0.1, 0.15) is 0 Å². The van der Waals surface area contributed by atoms with Crippen LogP contribution in [0.2, 0.25) is 0 Å². The molecule has 7 heteroatoms. The summed E-state index contributed by atoms with van der Waals surface area (Å²) in [7, 11) is -3.18. The lowest BCUT2D eigenvalue weighted by molar-refractivity contribution is -0.120. The SMILES string of the molecule is CCC(Sc1ccc(S(C)(=O)=O)cc1)C(=O)NN. The highest BCUT2D eigenvalue weighted by molar-refractivity contribution is 8.00. The lowest BCUT2D eigenvalue weighted by Crippen LogP contribution is -2.37. The van der Waals surface area contributed by atoms with Crippen molar-refractivity contribution in [3.05, 3.63) is 24.3 Å². The molecule has 0 heterocycles. The number of thioether (sulfide) groups is 1. The van der Waals surface area contributed by atoms with E-state index >= 15 is 0 Å². The average molecular weight is 288 g/mol. The summed E-state index contributed by atoms with van der Waals surface area (Å²) in [6.45, 7) is 1.89. The summed E-state index contributed by atoms with van der Waals surface area (Å²) in [5.41, 5.74) is 2.12. The van der Waals surface area contributed by atoms with Crippen LogP contribution in [0.5, 0.6) is 0 Å². The number of rotatable bonds is 5. The monoisotopic (exact) mass is 288 g/mol. The Labute approximate surface area is 111 Å². The van der Waals surface area contributed by atoms with Crippen LogP contribution in [-0.4, -0.2) is 25.8 Å². The number of benzene rings is 1. The van der Waals surface area contributed by atoms with Crippen LogP contribution >= 0.6 is 11.8 Å². The van der Waals surface area contributed by atoms with Crippen molar-refractivity contribution in [3.63, 3.8) is 0 Å². The van der Waals surface area contributed by atoms with Gasteiger partial charge in [-0.15, -0.1) is 11.8 Å². The lowest BCUT2D eigenvalue weighted by Gasteiger charge is -2.12. The largest absolute Gasteiger partial charge is 0.293 e. The molecular weight excluding hydrogens is 272 g/mol. The Morgan fingerprint density at radius 1 is 1.39 bits per heavy atom. The highest BCUT2D eigenvalue weighted by atomic mass is 32.2. The molecule has 0 aromatic heterocycles. The number of nitrogens with two attached hydrogens (primary N) is 1. The number of sulfone groups is 1. The number of nitrogens with one attached hydrogen (secondary N) is 1. The predicted octanol–water partition coefficient (Wildman–Crippen LogP) is 0.951.